The third-order valence-corrected chi connectivity index (χ3v) is 2.50. The summed E-state index contributed by atoms with van der Waals surface area (Å²) in [5, 5.41) is 14.2. The molecular weight excluding hydrogens is 202 g/mol. The number of phenolic OH excluding ortho intramolecular Hbond substituents is 1. The van der Waals surface area contributed by atoms with Gasteiger partial charge in [-0.05, 0) is 18.2 Å². The first-order valence-electron chi connectivity index (χ1n) is 4.98. The zero-order valence-electron chi connectivity index (χ0n) is 8.42. The number of phenols is 1. The monoisotopic (exact) mass is 211 g/mol. The predicted molar refractivity (Wildman–Crippen MR) is 61.1 cm³/mol. The van der Waals surface area contributed by atoms with Gasteiger partial charge < -0.3 is 9.63 Å². The number of aromatic hydroxyl groups is 1. The van der Waals surface area contributed by atoms with E-state index < -0.39 is 0 Å². The number of aromatic nitrogens is 1. The summed E-state index contributed by atoms with van der Waals surface area (Å²) < 4.78 is 5.30. The van der Waals surface area contributed by atoms with E-state index in [1.54, 1.807) is 18.2 Å². The van der Waals surface area contributed by atoms with E-state index in [2.05, 4.69) is 5.16 Å². The first-order chi connectivity index (χ1) is 7.84. The molecule has 2 aromatic carbocycles. The summed E-state index contributed by atoms with van der Waals surface area (Å²) in [6.07, 6.45) is 0. The molecule has 0 saturated heterocycles. The summed E-state index contributed by atoms with van der Waals surface area (Å²) in [5.41, 5.74) is 1.70. The van der Waals surface area contributed by atoms with Crippen LogP contribution in [-0.2, 0) is 0 Å². The molecule has 1 heterocycles. The van der Waals surface area contributed by atoms with Gasteiger partial charge in [-0.25, -0.2) is 0 Å². The Morgan fingerprint density at radius 1 is 1.00 bits per heavy atom. The number of hydrogen-bond donors (Lipinski definition) is 1. The molecule has 0 unspecified atom stereocenters. The highest BCUT2D eigenvalue weighted by Crippen LogP contribution is 2.30. The minimum atomic E-state index is 0.216. The van der Waals surface area contributed by atoms with Crippen LogP contribution in [0.1, 0.15) is 0 Å². The Hall–Kier alpha value is -2.29. The Labute approximate surface area is 91.9 Å². The van der Waals surface area contributed by atoms with Gasteiger partial charge in [-0.15, -0.1) is 0 Å². The highest BCUT2D eigenvalue weighted by Gasteiger charge is 2.10. The maximum absolute atomic E-state index is 9.45. The topological polar surface area (TPSA) is 46.3 Å². The summed E-state index contributed by atoms with van der Waals surface area (Å²) in [4.78, 5) is 0. The van der Waals surface area contributed by atoms with Crippen LogP contribution in [0.3, 0.4) is 0 Å². The van der Waals surface area contributed by atoms with E-state index in [0.717, 1.165) is 16.5 Å². The SMILES string of the molecule is Oc1ccc2noc(-c3ccccc3)c2c1. The van der Waals surface area contributed by atoms with E-state index in [9.17, 15) is 5.11 Å². The van der Waals surface area contributed by atoms with Gasteiger partial charge in [-0.2, -0.15) is 0 Å². The largest absolute Gasteiger partial charge is 0.508 e. The van der Waals surface area contributed by atoms with Gasteiger partial charge in [-0.3, -0.25) is 0 Å². The summed E-state index contributed by atoms with van der Waals surface area (Å²) in [6, 6.07) is 14.7. The lowest BCUT2D eigenvalue weighted by Gasteiger charge is -1.95. The quantitative estimate of drug-likeness (QED) is 0.672. The second-order valence-electron chi connectivity index (χ2n) is 3.58. The lowest BCUT2D eigenvalue weighted by Crippen LogP contribution is -1.73. The van der Waals surface area contributed by atoms with E-state index in [0.29, 0.717) is 5.76 Å². The highest BCUT2D eigenvalue weighted by atomic mass is 16.5. The van der Waals surface area contributed by atoms with Crippen molar-refractivity contribution in [1.29, 1.82) is 0 Å². The summed E-state index contributed by atoms with van der Waals surface area (Å²) in [5.74, 6) is 0.902. The molecule has 0 radical (unpaired) electrons. The fourth-order valence-corrected chi connectivity index (χ4v) is 1.73. The molecule has 3 rings (SSSR count). The van der Waals surface area contributed by atoms with Crippen LogP contribution in [0.2, 0.25) is 0 Å². The van der Waals surface area contributed by atoms with Crippen molar-refractivity contribution in [3.63, 3.8) is 0 Å². The van der Waals surface area contributed by atoms with Crippen LogP contribution in [0.5, 0.6) is 5.75 Å². The van der Waals surface area contributed by atoms with E-state index in [-0.39, 0.29) is 5.75 Å². The van der Waals surface area contributed by atoms with Gasteiger partial charge in [0, 0.05) is 5.56 Å². The third kappa shape index (κ3) is 1.34. The van der Waals surface area contributed by atoms with Gasteiger partial charge >= 0.3 is 0 Å². The number of rotatable bonds is 1. The average Bonchev–Trinajstić information content (AvgIpc) is 2.73. The van der Waals surface area contributed by atoms with Crippen molar-refractivity contribution in [2.24, 2.45) is 0 Å². The van der Waals surface area contributed by atoms with Crippen molar-refractivity contribution in [3.05, 3.63) is 48.5 Å². The van der Waals surface area contributed by atoms with E-state index in [1.807, 2.05) is 30.3 Å². The summed E-state index contributed by atoms with van der Waals surface area (Å²) in [6.45, 7) is 0. The number of fused-ring (bicyclic) bond motifs is 1. The van der Waals surface area contributed by atoms with Gasteiger partial charge in [0.1, 0.15) is 11.3 Å². The Kier molecular flexibility index (Phi) is 1.90. The molecular formula is C13H9NO2. The highest BCUT2D eigenvalue weighted by molar-refractivity contribution is 5.92. The zero-order chi connectivity index (χ0) is 11.0. The first kappa shape index (κ1) is 8.97. The second kappa shape index (κ2) is 3.38. The van der Waals surface area contributed by atoms with Crippen molar-refractivity contribution < 1.29 is 9.63 Å². The van der Waals surface area contributed by atoms with Crippen LogP contribution in [0, 0.1) is 0 Å². The van der Waals surface area contributed by atoms with E-state index in [4.69, 9.17) is 4.52 Å². The lowest BCUT2D eigenvalue weighted by molar-refractivity contribution is 0.441. The fourth-order valence-electron chi connectivity index (χ4n) is 1.73. The number of hydrogen-bond acceptors (Lipinski definition) is 3. The molecule has 78 valence electrons. The fraction of sp³-hybridized carbons (Fsp3) is 0. The number of nitrogens with zero attached hydrogens (tertiary/aromatic N) is 1. The Morgan fingerprint density at radius 2 is 1.81 bits per heavy atom. The molecule has 0 aliphatic carbocycles. The smallest absolute Gasteiger partial charge is 0.174 e. The molecule has 0 aliphatic heterocycles. The van der Waals surface area contributed by atoms with Crippen molar-refractivity contribution in [3.8, 4) is 17.1 Å². The molecule has 0 atom stereocenters. The predicted octanol–water partition coefficient (Wildman–Crippen LogP) is 3.20. The molecule has 0 spiro atoms. The van der Waals surface area contributed by atoms with Gasteiger partial charge in [0.25, 0.3) is 0 Å². The summed E-state index contributed by atoms with van der Waals surface area (Å²) in [7, 11) is 0. The van der Waals surface area contributed by atoms with Crippen LogP contribution in [0.4, 0.5) is 0 Å². The molecule has 3 aromatic rings. The average molecular weight is 211 g/mol. The van der Waals surface area contributed by atoms with Crippen LogP contribution in [-0.4, -0.2) is 10.3 Å². The Balaban J connectivity index is 2.29. The van der Waals surface area contributed by atoms with Gasteiger partial charge in [0.2, 0.25) is 0 Å². The third-order valence-electron chi connectivity index (χ3n) is 2.50. The Bertz CT molecular complexity index is 629. The van der Waals surface area contributed by atoms with Crippen molar-refractivity contribution >= 4 is 10.9 Å². The zero-order valence-corrected chi connectivity index (χ0v) is 8.42. The maximum atomic E-state index is 9.45. The minimum Gasteiger partial charge on any atom is -0.508 e. The molecule has 1 N–H and O–H groups in total. The van der Waals surface area contributed by atoms with Crippen LogP contribution in [0.15, 0.2) is 53.1 Å². The molecule has 3 nitrogen and oxygen atoms in total. The molecule has 0 fully saturated rings. The normalized spacial score (nSPS) is 10.8. The van der Waals surface area contributed by atoms with Crippen molar-refractivity contribution in [1.82, 2.24) is 5.16 Å². The Morgan fingerprint density at radius 3 is 2.62 bits per heavy atom. The maximum Gasteiger partial charge on any atom is 0.174 e. The van der Waals surface area contributed by atoms with Gasteiger partial charge in [0.05, 0.1) is 5.39 Å². The second-order valence-corrected chi connectivity index (χ2v) is 3.58. The van der Waals surface area contributed by atoms with Crippen LogP contribution >= 0.6 is 0 Å². The summed E-state index contributed by atoms with van der Waals surface area (Å²) >= 11 is 0. The van der Waals surface area contributed by atoms with Crippen molar-refractivity contribution in [2.75, 3.05) is 0 Å². The standard InChI is InChI=1S/C13H9NO2/c15-10-6-7-12-11(8-10)13(16-14-12)9-4-2-1-3-5-9/h1-8,15H. The van der Waals surface area contributed by atoms with Gasteiger partial charge in [-0.1, -0.05) is 35.5 Å². The molecule has 0 aliphatic rings. The molecule has 16 heavy (non-hydrogen) atoms. The molecule has 0 saturated carbocycles. The molecule has 3 heteroatoms. The van der Waals surface area contributed by atoms with Crippen LogP contribution in [0.25, 0.3) is 22.2 Å². The molecule has 1 aromatic heterocycles. The lowest BCUT2D eigenvalue weighted by atomic mass is 10.1. The minimum absolute atomic E-state index is 0.216. The molecule has 0 amide bonds. The molecule has 0 bridgehead atoms. The van der Waals surface area contributed by atoms with Gasteiger partial charge in [0.15, 0.2) is 5.76 Å². The van der Waals surface area contributed by atoms with Crippen molar-refractivity contribution in [2.45, 2.75) is 0 Å². The van der Waals surface area contributed by atoms with E-state index in [1.165, 1.54) is 0 Å². The number of benzene rings is 2. The first-order valence-corrected chi connectivity index (χ1v) is 4.98. The van der Waals surface area contributed by atoms with Crippen LogP contribution < -0.4 is 0 Å². The van der Waals surface area contributed by atoms with E-state index >= 15 is 0 Å².